The first kappa shape index (κ1) is 12.2. The van der Waals surface area contributed by atoms with Gasteiger partial charge in [0.05, 0.1) is 12.2 Å². The summed E-state index contributed by atoms with van der Waals surface area (Å²) in [4.78, 5) is 0. The van der Waals surface area contributed by atoms with Crippen LogP contribution in [0.15, 0.2) is 28.7 Å². The number of rotatable bonds is 4. The summed E-state index contributed by atoms with van der Waals surface area (Å²) in [7, 11) is 0. The molecule has 1 aromatic carbocycles. The van der Waals surface area contributed by atoms with Crippen molar-refractivity contribution in [3.8, 4) is 0 Å². The van der Waals surface area contributed by atoms with E-state index in [-0.39, 0.29) is 5.82 Å². The van der Waals surface area contributed by atoms with Gasteiger partial charge < -0.3 is 4.74 Å². The van der Waals surface area contributed by atoms with E-state index in [0.29, 0.717) is 24.4 Å². The predicted molar refractivity (Wildman–Crippen MR) is 63.7 cm³/mol. The molecule has 0 bridgehead atoms. The second-order valence-corrected chi connectivity index (χ2v) is 3.89. The third kappa shape index (κ3) is 3.34. The Kier molecular flexibility index (Phi) is 4.82. The monoisotopic (exact) mass is 271 g/mol. The highest BCUT2D eigenvalue weighted by atomic mass is 79.9. The zero-order valence-electron chi connectivity index (χ0n) is 8.59. The molecule has 0 aliphatic rings. The molecule has 81 valence electrons. The van der Waals surface area contributed by atoms with Crippen molar-refractivity contribution in [2.24, 2.45) is 0 Å². The van der Waals surface area contributed by atoms with E-state index in [2.05, 4.69) is 22.9 Å². The molecule has 1 nitrogen and oxygen atoms in total. The summed E-state index contributed by atoms with van der Waals surface area (Å²) in [6.45, 7) is 5.98. The molecule has 0 unspecified atom stereocenters. The van der Waals surface area contributed by atoms with Crippen molar-refractivity contribution in [2.45, 2.75) is 13.3 Å². The SMILES string of the molecule is [CH2]CCOC(=CC)c1ccc(Br)cc1F. The summed E-state index contributed by atoms with van der Waals surface area (Å²) < 4.78 is 19.7. The molecular weight excluding hydrogens is 259 g/mol. The third-order valence-corrected chi connectivity index (χ3v) is 2.35. The summed E-state index contributed by atoms with van der Waals surface area (Å²) in [6.07, 6.45) is 2.41. The van der Waals surface area contributed by atoms with Gasteiger partial charge in [-0.05, 0) is 44.5 Å². The van der Waals surface area contributed by atoms with Gasteiger partial charge in [-0.1, -0.05) is 15.9 Å². The maximum atomic E-state index is 13.5. The molecule has 0 spiro atoms. The first-order valence-corrected chi connectivity index (χ1v) is 5.52. The molecule has 1 aromatic rings. The average molecular weight is 272 g/mol. The van der Waals surface area contributed by atoms with Crippen LogP contribution in [0.4, 0.5) is 4.39 Å². The maximum absolute atomic E-state index is 13.5. The maximum Gasteiger partial charge on any atom is 0.135 e. The number of halogens is 2. The van der Waals surface area contributed by atoms with Crippen LogP contribution >= 0.6 is 15.9 Å². The molecule has 0 amide bonds. The molecule has 0 atom stereocenters. The van der Waals surface area contributed by atoms with Crippen molar-refractivity contribution in [2.75, 3.05) is 6.61 Å². The Morgan fingerprint density at radius 1 is 1.60 bits per heavy atom. The van der Waals surface area contributed by atoms with Gasteiger partial charge in [-0.2, -0.15) is 0 Å². The highest BCUT2D eigenvalue weighted by molar-refractivity contribution is 9.10. The fourth-order valence-electron chi connectivity index (χ4n) is 1.19. The fourth-order valence-corrected chi connectivity index (χ4v) is 1.52. The fraction of sp³-hybridized carbons (Fsp3) is 0.250. The first-order valence-electron chi connectivity index (χ1n) is 4.72. The standard InChI is InChI=1S/C12H13BrFO/c1-3-7-15-12(4-2)10-6-5-9(13)8-11(10)14/h4-6,8H,1,3,7H2,2H3. The van der Waals surface area contributed by atoms with Crippen LogP contribution in [0, 0.1) is 12.7 Å². The van der Waals surface area contributed by atoms with Gasteiger partial charge in [0.2, 0.25) is 0 Å². The molecule has 0 heterocycles. The summed E-state index contributed by atoms with van der Waals surface area (Å²) in [5.74, 6) is 0.269. The van der Waals surface area contributed by atoms with Gasteiger partial charge in [0.1, 0.15) is 11.6 Å². The van der Waals surface area contributed by atoms with Crippen LogP contribution in [0.2, 0.25) is 0 Å². The van der Waals surface area contributed by atoms with Gasteiger partial charge in [0.25, 0.3) is 0 Å². The Balaban J connectivity index is 2.93. The van der Waals surface area contributed by atoms with Crippen molar-refractivity contribution in [3.05, 3.63) is 47.1 Å². The van der Waals surface area contributed by atoms with Crippen molar-refractivity contribution < 1.29 is 9.13 Å². The van der Waals surface area contributed by atoms with Gasteiger partial charge in [0.15, 0.2) is 0 Å². The van der Waals surface area contributed by atoms with E-state index in [9.17, 15) is 4.39 Å². The van der Waals surface area contributed by atoms with E-state index in [1.165, 1.54) is 6.07 Å². The van der Waals surface area contributed by atoms with Crippen molar-refractivity contribution in [1.29, 1.82) is 0 Å². The zero-order chi connectivity index (χ0) is 11.3. The van der Waals surface area contributed by atoms with E-state index in [0.717, 1.165) is 4.47 Å². The molecule has 0 saturated carbocycles. The Morgan fingerprint density at radius 3 is 2.87 bits per heavy atom. The summed E-state index contributed by atoms with van der Waals surface area (Å²) in [6, 6.07) is 4.90. The van der Waals surface area contributed by atoms with Crippen LogP contribution in [0.25, 0.3) is 5.76 Å². The van der Waals surface area contributed by atoms with Crippen LogP contribution in [-0.4, -0.2) is 6.61 Å². The largest absolute Gasteiger partial charge is 0.493 e. The average Bonchev–Trinajstić information content (AvgIpc) is 2.21. The second kappa shape index (κ2) is 5.91. The second-order valence-electron chi connectivity index (χ2n) is 2.98. The van der Waals surface area contributed by atoms with E-state index < -0.39 is 0 Å². The Morgan fingerprint density at radius 2 is 2.33 bits per heavy atom. The molecule has 15 heavy (non-hydrogen) atoms. The minimum absolute atomic E-state index is 0.290. The van der Waals surface area contributed by atoms with Crippen LogP contribution in [0.5, 0.6) is 0 Å². The van der Waals surface area contributed by atoms with Gasteiger partial charge in [-0.25, -0.2) is 4.39 Å². The number of allylic oxidation sites excluding steroid dienone is 1. The smallest absolute Gasteiger partial charge is 0.135 e. The lowest BCUT2D eigenvalue weighted by Crippen LogP contribution is -1.96. The number of hydrogen-bond donors (Lipinski definition) is 0. The van der Waals surface area contributed by atoms with Gasteiger partial charge >= 0.3 is 0 Å². The first-order chi connectivity index (χ1) is 7.19. The van der Waals surface area contributed by atoms with E-state index in [4.69, 9.17) is 4.74 Å². The Bertz CT molecular complexity index is 361. The molecule has 1 radical (unpaired) electrons. The molecule has 0 fully saturated rings. The molecule has 0 aromatic heterocycles. The minimum Gasteiger partial charge on any atom is -0.493 e. The number of benzene rings is 1. The minimum atomic E-state index is -0.290. The van der Waals surface area contributed by atoms with Crippen LogP contribution in [-0.2, 0) is 4.74 Å². The molecule has 0 aliphatic carbocycles. The lowest BCUT2D eigenvalue weighted by molar-refractivity contribution is 0.281. The quantitative estimate of drug-likeness (QED) is 0.747. The van der Waals surface area contributed by atoms with E-state index >= 15 is 0 Å². The number of ether oxygens (including phenoxy) is 1. The molecule has 0 aliphatic heterocycles. The third-order valence-electron chi connectivity index (χ3n) is 1.86. The van der Waals surface area contributed by atoms with Crippen LogP contribution < -0.4 is 0 Å². The number of hydrogen-bond acceptors (Lipinski definition) is 1. The normalized spacial score (nSPS) is 11.6. The predicted octanol–water partition coefficient (Wildman–Crippen LogP) is 4.19. The highest BCUT2D eigenvalue weighted by Gasteiger charge is 2.08. The lowest BCUT2D eigenvalue weighted by atomic mass is 10.1. The molecule has 0 saturated heterocycles. The topological polar surface area (TPSA) is 9.23 Å². The van der Waals surface area contributed by atoms with Gasteiger partial charge in [0, 0.05) is 4.47 Å². The van der Waals surface area contributed by atoms with E-state index in [1.807, 2.05) is 6.92 Å². The summed E-state index contributed by atoms with van der Waals surface area (Å²) >= 11 is 3.21. The van der Waals surface area contributed by atoms with Gasteiger partial charge in [-0.15, -0.1) is 0 Å². The lowest BCUT2D eigenvalue weighted by Gasteiger charge is -2.10. The molecular formula is C12H13BrFO. The van der Waals surface area contributed by atoms with Crippen molar-refractivity contribution >= 4 is 21.7 Å². The van der Waals surface area contributed by atoms with E-state index in [1.54, 1.807) is 18.2 Å². The summed E-state index contributed by atoms with van der Waals surface area (Å²) in [5.41, 5.74) is 0.481. The van der Waals surface area contributed by atoms with Crippen LogP contribution in [0.3, 0.4) is 0 Å². The Hall–Kier alpha value is -0.830. The van der Waals surface area contributed by atoms with Gasteiger partial charge in [-0.3, -0.25) is 0 Å². The summed E-state index contributed by atoms with van der Waals surface area (Å²) in [5, 5.41) is 0. The molecule has 1 rings (SSSR count). The Labute approximate surface area is 98.1 Å². The molecule has 0 N–H and O–H groups in total. The highest BCUT2D eigenvalue weighted by Crippen LogP contribution is 2.22. The molecule has 3 heteroatoms. The zero-order valence-corrected chi connectivity index (χ0v) is 10.2. The van der Waals surface area contributed by atoms with Crippen LogP contribution in [0.1, 0.15) is 18.9 Å². The van der Waals surface area contributed by atoms with Crippen molar-refractivity contribution in [3.63, 3.8) is 0 Å². The van der Waals surface area contributed by atoms with Crippen molar-refractivity contribution in [1.82, 2.24) is 0 Å².